The first-order valence-corrected chi connectivity index (χ1v) is 12.5. The highest BCUT2D eigenvalue weighted by atomic mass is 19.4. The van der Waals surface area contributed by atoms with Crippen LogP contribution in [0.15, 0.2) is 47.5 Å². The highest BCUT2D eigenvalue weighted by Gasteiger charge is 2.33. The van der Waals surface area contributed by atoms with Crippen LogP contribution in [-0.4, -0.2) is 43.7 Å². The number of benzene rings is 1. The van der Waals surface area contributed by atoms with Gasteiger partial charge in [-0.3, -0.25) is 14.2 Å². The number of halogens is 4. The van der Waals surface area contributed by atoms with E-state index in [1.54, 1.807) is 13.8 Å². The standard InChI is InChI=1S/C27H29F4N7O/c1-25(2,13-28)21-10-18(7-8-33-21)38-22-19(23(39)37(38)15-27(29,30)31)12-34-24(36-22)35-17-5-6-20-16(9-17)11-32-14-26(20,3)4/h5-10,12,32H,11,13-15H2,1-4H3,(H,34,35,36). The lowest BCUT2D eigenvalue weighted by atomic mass is 9.79. The Kier molecular flexibility index (Phi) is 6.48. The molecule has 0 saturated heterocycles. The minimum atomic E-state index is -4.68. The zero-order valence-corrected chi connectivity index (χ0v) is 22.0. The third-order valence-corrected chi connectivity index (χ3v) is 6.99. The largest absolute Gasteiger partial charge is 0.408 e. The highest BCUT2D eigenvalue weighted by Crippen LogP contribution is 2.32. The first kappa shape index (κ1) is 26.8. The summed E-state index contributed by atoms with van der Waals surface area (Å²) in [5.74, 6) is 0.113. The molecule has 5 rings (SSSR count). The van der Waals surface area contributed by atoms with E-state index in [0.717, 1.165) is 16.8 Å². The van der Waals surface area contributed by atoms with Gasteiger partial charge in [-0.15, -0.1) is 0 Å². The second-order valence-electron chi connectivity index (χ2n) is 11.1. The molecule has 3 aromatic heterocycles. The van der Waals surface area contributed by atoms with E-state index < -0.39 is 30.4 Å². The normalized spacial score (nSPS) is 15.4. The van der Waals surface area contributed by atoms with Crippen LogP contribution in [0.2, 0.25) is 0 Å². The number of rotatable bonds is 6. The lowest BCUT2D eigenvalue weighted by Crippen LogP contribution is -2.38. The Morgan fingerprint density at radius 3 is 2.62 bits per heavy atom. The minimum Gasteiger partial charge on any atom is -0.324 e. The molecule has 0 amide bonds. The Hall–Kier alpha value is -3.80. The van der Waals surface area contributed by atoms with E-state index in [1.807, 2.05) is 18.2 Å². The molecule has 0 saturated carbocycles. The number of aromatic nitrogens is 5. The van der Waals surface area contributed by atoms with E-state index in [2.05, 4.69) is 39.4 Å². The summed E-state index contributed by atoms with van der Waals surface area (Å²) in [7, 11) is 0. The molecule has 0 unspecified atom stereocenters. The smallest absolute Gasteiger partial charge is 0.324 e. The maximum atomic E-state index is 13.7. The van der Waals surface area contributed by atoms with Gasteiger partial charge >= 0.3 is 6.18 Å². The molecule has 4 aromatic rings. The Bertz CT molecular complexity index is 1600. The van der Waals surface area contributed by atoms with Gasteiger partial charge in [-0.05, 0) is 35.4 Å². The molecule has 0 spiro atoms. The molecule has 0 radical (unpaired) electrons. The summed E-state index contributed by atoms with van der Waals surface area (Å²) in [6.07, 6.45) is -2.09. The molecule has 1 aliphatic heterocycles. The number of fused-ring (bicyclic) bond motifs is 2. The van der Waals surface area contributed by atoms with Crippen molar-refractivity contribution in [3.05, 3.63) is 69.9 Å². The Balaban J connectivity index is 1.63. The van der Waals surface area contributed by atoms with Gasteiger partial charge in [0.25, 0.3) is 5.56 Å². The molecular formula is C27H29F4N7O. The lowest BCUT2D eigenvalue weighted by molar-refractivity contribution is -0.144. The predicted molar refractivity (Wildman–Crippen MR) is 140 cm³/mol. The van der Waals surface area contributed by atoms with E-state index in [4.69, 9.17) is 0 Å². The van der Waals surface area contributed by atoms with Crippen LogP contribution in [0.1, 0.15) is 44.5 Å². The average molecular weight is 544 g/mol. The van der Waals surface area contributed by atoms with Gasteiger partial charge in [-0.25, -0.2) is 14.3 Å². The number of anilines is 2. The number of hydrogen-bond donors (Lipinski definition) is 2. The summed E-state index contributed by atoms with van der Waals surface area (Å²) in [6.45, 7) is 6.88. The minimum absolute atomic E-state index is 0.0160. The quantitative estimate of drug-likeness (QED) is 0.336. The van der Waals surface area contributed by atoms with Crippen molar-refractivity contribution in [1.29, 1.82) is 0 Å². The molecule has 2 N–H and O–H groups in total. The lowest BCUT2D eigenvalue weighted by Gasteiger charge is -2.33. The molecule has 0 aliphatic carbocycles. The number of pyridine rings is 1. The maximum Gasteiger partial charge on any atom is 0.408 e. The summed E-state index contributed by atoms with van der Waals surface area (Å²) in [5, 5.41) is 6.43. The van der Waals surface area contributed by atoms with E-state index in [1.165, 1.54) is 30.1 Å². The van der Waals surface area contributed by atoms with E-state index in [0.29, 0.717) is 22.6 Å². The fraction of sp³-hybridized carbons (Fsp3) is 0.407. The molecule has 39 heavy (non-hydrogen) atoms. The Morgan fingerprint density at radius 1 is 1.13 bits per heavy atom. The molecule has 0 atom stereocenters. The molecule has 8 nitrogen and oxygen atoms in total. The highest BCUT2D eigenvalue weighted by molar-refractivity contribution is 5.77. The van der Waals surface area contributed by atoms with Crippen LogP contribution in [0.25, 0.3) is 16.7 Å². The molecule has 1 aliphatic rings. The van der Waals surface area contributed by atoms with Crippen molar-refractivity contribution in [3.63, 3.8) is 0 Å². The van der Waals surface area contributed by atoms with Crippen molar-refractivity contribution in [2.45, 2.75) is 57.8 Å². The monoisotopic (exact) mass is 543 g/mol. The van der Waals surface area contributed by atoms with Crippen LogP contribution in [0.3, 0.4) is 0 Å². The van der Waals surface area contributed by atoms with Gasteiger partial charge in [0.05, 0.1) is 11.4 Å². The molecule has 12 heteroatoms. The van der Waals surface area contributed by atoms with Gasteiger partial charge < -0.3 is 10.6 Å². The SMILES string of the molecule is CC(C)(CF)c1cc(-n2c3nc(Nc4ccc5c(c4)CNCC5(C)C)ncc3c(=O)n2CC(F)(F)F)ccn1. The van der Waals surface area contributed by atoms with E-state index in [9.17, 15) is 22.4 Å². The zero-order valence-electron chi connectivity index (χ0n) is 22.0. The van der Waals surface area contributed by atoms with Gasteiger partial charge in [0.15, 0.2) is 5.65 Å². The zero-order chi connectivity index (χ0) is 28.2. The summed E-state index contributed by atoms with van der Waals surface area (Å²) in [5.41, 5.74) is 1.66. The van der Waals surface area contributed by atoms with E-state index in [-0.39, 0.29) is 28.1 Å². The van der Waals surface area contributed by atoms with Crippen LogP contribution < -0.4 is 16.2 Å². The van der Waals surface area contributed by atoms with Crippen molar-refractivity contribution >= 4 is 22.7 Å². The third-order valence-electron chi connectivity index (χ3n) is 6.99. The topological polar surface area (TPSA) is 89.7 Å². The second kappa shape index (κ2) is 9.44. The fourth-order valence-corrected chi connectivity index (χ4v) is 4.87. The van der Waals surface area contributed by atoms with Crippen LogP contribution >= 0.6 is 0 Å². The molecule has 0 bridgehead atoms. The van der Waals surface area contributed by atoms with Crippen molar-refractivity contribution < 1.29 is 17.6 Å². The average Bonchev–Trinajstić information content (AvgIpc) is 3.13. The number of nitrogens with one attached hydrogen (secondary N) is 2. The summed E-state index contributed by atoms with van der Waals surface area (Å²) in [6, 6.07) is 8.84. The Morgan fingerprint density at radius 2 is 1.90 bits per heavy atom. The molecule has 206 valence electrons. The first-order chi connectivity index (χ1) is 18.3. The third kappa shape index (κ3) is 5.12. The maximum absolute atomic E-state index is 13.7. The number of nitrogens with zero attached hydrogens (tertiary/aromatic N) is 5. The predicted octanol–water partition coefficient (Wildman–Crippen LogP) is 4.91. The number of hydrogen-bond acceptors (Lipinski definition) is 6. The first-order valence-electron chi connectivity index (χ1n) is 12.5. The summed E-state index contributed by atoms with van der Waals surface area (Å²) < 4.78 is 56.0. The molecule has 4 heterocycles. The fourth-order valence-electron chi connectivity index (χ4n) is 4.87. The van der Waals surface area contributed by atoms with Crippen molar-refractivity contribution in [1.82, 2.24) is 29.6 Å². The second-order valence-corrected chi connectivity index (χ2v) is 11.1. The van der Waals surface area contributed by atoms with Crippen molar-refractivity contribution in [3.8, 4) is 5.69 Å². The van der Waals surface area contributed by atoms with E-state index >= 15 is 0 Å². The summed E-state index contributed by atoms with van der Waals surface area (Å²) >= 11 is 0. The summed E-state index contributed by atoms with van der Waals surface area (Å²) in [4.78, 5) is 26.0. The van der Waals surface area contributed by atoms with Crippen LogP contribution in [0.4, 0.5) is 29.2 Å². The van der Waals surface area contributed by atoms with Gasteiger partial charge in [0, 0.05) is 42.0 Å². The van der Waals surface area contributed by atoms with Crippen LogP contribution in [0, 0.1) is 0 Å². The Labute approximate surface area is 222 Å². The van der Waals surface area contributed by atoms with Crippen molar-refractivity contribution in [2.24, 2.45) is 0 Å². The number of alkyl halides is 4. The molecule has 1 aromatic carbocycles. The van der Waals surface area contributed by atoms with Gasteiger partial charge in [-0.1, -0.05) is 33.8 Å². The van der Waals surface area contributed by atoms with Crippen molar-refractivity contribution in [2.75, 3.05) is 18.5 Å². The van der Waals surface area contributed by atoms with Crippen LogP contribution in [-0.2, 0) is 23.9 Å². The van der Waals surface area contributed by atoms with Crippen LogP contribution in [0.5, 0.6) is 0 Å². The molecule has 0 fully saturated rings. The molecular weight excluding hydrogens is 514 g/mol. The van der Waals surface area contributed by atoms with Gasteiger partial charge in [0.2, 0.25) is 5.95 Å². The van der Waals surface area contributed by atoms with Gasteiger partial charge in [0.1, 0.15) is 18.6 Å². The van der Waals surface area contributed by atoms with Gasteiger partial charge in [-0.2, -0.15) is 18.2 Å².